The van der Waals surface area contributed by atoms with Crippen molar-refractivity contribution in [2.24, 2.45) is 7.05 Å². The van der Waals surface area contributed by atoms with Crippen molar-refractivity contribution >= 4 is 23.5 Å². The van der Waals surface area contributed by atoms with E-state index >= 15 is 4.39 Å². The fourth-order valence-electron chi connectivity index (χ4n) is 5.44. The van der Waals surface area contributed by atoms with Crippen molar-refractivity contribution < 1.29 is 24.2 Å². The Bertz CT molecular complexity index is 1680. The second-order valence-corrected chi connectivity index (χ2v) is 10.2. The summed E-state index contributed by atoms with van der Waals surface area (Å²) in [5, 5.41) is 19.8. The lowest BCUT2D eigenvalue weighted by molar-refractivity contribution is 0.0686. The van der Waals surface area contributed by atoms with Crippen LogP contribution in [-0.2, 0) is 26.5 Å². The number of nitrogens with zero attached hydrogens (tertiary/aromatic N) is 5. The van der Waals surface area contributed by atoms with Crippen molar-refractivity contribution in [2.45, 2.75) is 38.2 Å². The van der Waals surface area contributed by atoms with Crippen LogP contribution in [0.4, 0.5) is 16.0 Å². The van der Waals surface area contributed by atoms with Gasteiger partial charge in [-0.3, -0.25) is 4.79 Å². The van der Waals surface area contributed by atoms with E-state index in [4.69, 9.17) is 5.73 Å². The molecule has 0 saturated heterocycles. The zero-order valence-corrected chi connectivity index (χ0v) is 21.8. The van der Waals surface area contributed by atoms with Gasteiger partial charge < -0.3 is 25.4 Å². The van der Waals surface area contributed by atoms with E-state index in [1.54, 1.807) is 31.4 Å². The molecular weight excluding hydrogens is 515 g/mol. The third-order valence-electron chi connectivity index (χ3n) is 7.49. The van der Waals surface area contributed by atoms with Gasteiger partial charge in [-0.15, -0.1) is 0 Å². The van der Waals surface area contributed by atoms with E-state index in [2.05, 4.69) is 15.0 Å². The Kier molecular flexibility index (Phi) is 6.30. The molecule has 0 spiro atoms. The predicted molar refractivity (Wildman–Crippen MR) is 145 cm³/mol. The highest BCUT2D eigenvalue weighted by Crippen LogP contribution is 2.42. The summed E-state index contributed by atoms with van der Waals surface area (Å²) < 4.78 is 16.7. The van der Waals surface area contributed by atoms with Gasteiger partial charge in [0.2, 0.25) is 5.95 Å². The highest BCUT2D eigenvalue weighted by Gasteiger charge is 2.33. The van der Waals surface area contributed by atoms with Gasteiger partial charge in [0.25, 0.3) is 5.91 Å². The minimum absolute atomic E-state index is 0.0415. The lowest BCUT2D eigenvalue weighted by atomic mass is 9.93. The normalized spacial score (nSPS) is 14.9. The van der Waals surface area contributed by atoms with Crippen LogP contribution >= 0.6 is 0 Å². The number of hydrogen-bond acceptors (Lipinski definition) is 7. The van der Waals surface area contributed by atoms with Crippen LogP contribution < -0.4 is 10.6 Å². The first-order chi connectivity index (χ1) is 19.2. The van der Waals surface area contributed by atoms with Crippen LogP contribution in [0, 0.1) is 5.82 Å². The van der Waals surface area contributed by atoms with Gasteiger partial charge in [-0.1, -0.05) is 18.2 Å². The van der Waals surface area contributed by atoms with Gasteiger partial charge >= 0.3 is 5.97 Å². The average Bonchev–Trinajstić information content (AvgIpc) is 3.70. The monoisotopic (exact) mass is 542 g/mol. The van der Waals surface area contributed by atoms with E-state index in [1.165, 1.54) is 21.6 Å². The quantitative estimate of drug-likeness (QED) is 0.322. The molecule has 0 unspecified atom stereocenters. The maximum Gasteiger partial charge on any atom is 0.352 e. The third kappa shape index (κ3) is 4.58. The lowest BCUT2D eigenvalue weighted by Crippen LogP contribution is -2.39. The van der Waals surface area contributed by atoms with Gasteiger partial charge in [-0.25, -0.2) is 14.2 Å². The molecule has 4 N–H and O–H groups in total. The summed E-state index contributed by atoms with van der Waals surface area (Å²) in [6.07, 6.45) is 4.46. The molecule has 4 aromatic rings. The molecule has 2 aromatic heterocycles. The second-order valence-electron chi connectivity index (χ2n) is 10.2. The number of aliphatic hydroxyl groups excluding tert-OH is 1. The molecule has 2 aromatic carbocycles. The maximum atomic E-state index is 15.2. The molecule has 6 rings (SSSR count). The van der Waals surface area contributed by atoms with E-state index in [-0.39, 0.29) is 29.5 Å². The van der Waals surface area contributed by atoms with Crippen LogP contribution in [0.2, 0.25) is 0 Å². The van der Waals surface area contributed by atoms with Crippen LogP contribution in [0.25, 0.3) is 11.4 Å². The summed E-state index contributed by atoms with van der Waals surface area (Å²) in [6.45, 7) is -0.0901. The number of carboxylic acids is 1. The standard InChI is InChI=1S/C29H27FN6O4/c1-35-13-15(9-23(35)28(39)40)10-24-32-26(34-29(31)33-24)19-3-2-4-22(20(19)14-37)36-8-7-17-11-18(16-5-6-16)12-21(30)25(17)27(36)38/h2-4,9,11-13,16,37H,5-8,10,14H2,1H3,(H,39,40)(H2,31,32,33,34). The molecule has 40 heavy (non-hydrogen) atoms. The minimum atomic E-state index is -1.05. The van der Waals surface area contributed by atoms with Gasteiger partial charge in [-0.05, 0) is 60.1 Å². The molecule has 0 radical (unpaired) electrons. The number of nitrogen functional groups attached to an aromatic ring is 1. The number of halogens is 1. The predicted octanol–water partition coefficient (Wildman–Crippen LogP) is 3.46. The highest BCUT2D eigenvalue weighted by atomic mass is 19.1. The van der Waals surface area contributed by atoms with Gasteiger partial charge in [0.1, 0.15) is 17.3 Å². The third-order valence-corrected chi connectivity index (χ3v) is 7.49. The summed E-state index contributed by atoms with van der Waals surface area (Å²) in [5.74, 6) is -1.17. The van der Waals surface area contributed by atoms with Crippen LogP contribution in [-0.4, -0.2) is 48.2 Å². The molecule has 1 amide bonds. The zero-order valence-electron chi connectivity index (χ0n) is 21.8. The van der Waals surface area contributed by atoms with Crippen molar-refractivity contribution in [1.29, 1.82) is 0 Å². The first kappa shape index (κ1) is 25.6. The minimum Gasteiger partial charge on any atom is -0.477 e. The molecule has 204 valence electrons. The molecule has 1 aliphatic heterocycles. The lowest BCUT2D eigenvalue weighted by Gasteiger charge is -2.31. The van der Waals surface area contributed by atoms with E-state index < -0.39 is 24.3 Å². The number of aromatic carboxylic acids is 1. The average molecular weight is 543 g/mol. The maximum absolute atomic E-state index is 15.2. The SMILES string of the molecule is Cn1cc(Cc2nc(N)nc(-c3cccc(N4CCc5cc(C6CC6)cc(F)c5C4=O)c3CO)n2)cc1C(=O)O. The fourth-order valence-corrected chi connectivity index (χ4v) is 5.44. The molecule has 0 bridgehead atoms. The molecule has 1 saturated carbocycles. The molecule has 11 heteroatoms. The van der Waals surface area contributed by atoms with Gasteiger partial charge in [0.05, 0.1) is 17.9 Å². The molecular formula is C29H27FN6O4. The summed E-state index contributed by atoms with van der Waals surface area (Å²) >= 11 is 0. The number of aliphatic hydroxyl groups is 1. The van der Waals surface area contributed by atoms with Crippen molar-refractivity contribution in [3.63, 3.8) is 0 Å². The van der Waals surface area contributed by atoms with Crippen molar-refractivity contribution in [3.8, 4) is 11.4 Å². The van der Waals surface area contributed by atoms with Crippen LogP contribution in [0.3, 0.4) is 0 Å². The first-order valence-electron chi connectivity index (χ1n) is 13.0. The fraction of sp³-hybridized carbons (Fsp3) is 0.276. The summed E-state index contributed by atoms with van der Waals surface area (Å²) in [7, 11) is 1.64. The Labute approximate surface area is 228 Å². The second kappa shape index (κ2) is 9.83. The Morgan fingerprint density at radius 2 is 1.98 bits per heavy atom. The molecule has 3 heterocycles. The summed E-state index contributed by atoms with van der Waals surface area (Å²) in [5.41, 5.74) is 9.84. The number of amides is 1. The molecule has 0 atom stereocenters. The van der Waals surface area contributed by atoms with E-state index in [1.807, 2.05) is 6.07 Å². The molecule has 1 fully saturated rings. The smallest absolute Gasteiger partial charge is 0.352 e. The summed E-state index contributed by atoms with van der Waals surface area (Å²) in [4.78, 5) is 39.5. The number of aryl methyl sites for hydroxylation is 1. The van der Waals surface area contributed by atoms with Crippen LogP contribution in [0.1, 0.15) is 67.7 Å². The Morgan fingerprint density at radius 1 is 1.18 bits per heavy atom. The van der Waals surface area contributed by atoms with Crippen LogP contribution in [0.5, 0.6) is 0 Å². The van der Waals surface area contributed by atoms with E-state index in [0.717, 1.165) is 18.4 Å². The number of carboxylic acid groups (broad SMARTS) is 1. The Hall–Kier alpha value is -4.64. The topological polar surface area (TPSA) is 147 Å². The van der Waals surface area contributed by atoms with Gasteiger partial charge in [0.15, 0.2) is 5.82 Å². The summed E-state index contributed by atoms with van der Waals surface area (Å²) in [6, 6.07) is 10.1. The number of hydrogen-bond donors (Lipinski definition) is 3. The first-order valence-corrected chi connectivity index (χ1v) is 13.0. The number of anilines is 2. The van der Waals surface area contributed by atoms with Crippen LogP contribution in [0.15, 0.2) is 42.6 Å². The van der Waals surface area contributed by atoms with Crippen molar-refractivity contribution in [2.75, 3.05) is 17.2 Å². The number of fused-ring (bicyclic) bond motifs is 1. The number of nitrogens with two attached hydrogens (primary N) is 1. The zero-order chi connectivity index (χ0) is 28.1. The number of benzene rings is 2. The number of aromatic nitrogens is 4. The molecule has 1 aliphatic carbocycles. The van der Waals surface area contributed by atoms with Crippen molar-refractivity contribution in [1.82, 2.24) is 19.5 Å². The largest absolute Gasteiger partial charge is 0.477 e. The van der Waals surface area contributed by atoms with E-state index in [9.17, 15) is 19.8 Å². The van der Waals surface area contributed by atoms with E-state index in [0.29, 0.717) is 52.6 Å². The van der Waals surface area contributed by atoms with Gasteiger partial charge in [-0.2, -0.15) is 9.97 Å². The van der Waals surface area contributed by atoms with Crippen molar-refractivity contribution in [3.05, 3.63) is 87.7 Å². The number of carbonyl (C=O) groups is 2. The Morgan fingerprint density at radius 3 is 2.67 bits per heavy atom. The van der Waals surface area contributed by atoms with Gasteiger partial charge in [0, 0.05) is 37.3 Å². The number of rotatable bonds is 7. The molecule has 10 nitrogen and oxygen atoms in total. The highest BCUT2D eigenvalue weighted by molar-refractivity contribution is 6.09. The molecule has 2 aliphatic rings. The number of carbonyl (C=O) groups excluding carboxylic acids is 1. The Balaban J connectivity index is 1.35.